The van der Waals surface area contributed by atoms with E-state index in [1.807, 2.05) is 67.6 Å². The van der Waals surface area contributed by atoms with Crippen molar-refractivity contribution >= 4 is 11.7 Å². The Kier molecular flexibility index (Phi) is 6.06. The summed E-state index contributed by atoms with van der Waals surface area (Å²) < 4.78 is 10.9. The first kappa shape index (κ1) is 17.8. The van der Waals surface area contributed by atoms with Crippen LogP contribution in [0.4, 0.5) is 10.5 Å². The number of furan rings is 1. The maximum atomic E-state index is 12.0. The number of anilines is 1. The van der Waals surface area contributed by atoms with Crippen molar-refractivity contribution in [2.45, 2.75) is 26.7 Å². The van der Waals surface area contributed by atoms with Gasteiger partial charge < -0.3 is 19.8 Å². The summed E-state index contributed by atoms with van der Waals surface area (Å²) in [5.41, 5.74) is 3.99. The molecule has 0 spiro atoms. The Bertz CT molecular complexity index is 827. The van der Waals surface area contributed by atoms with E-state index in [2.05, 4.69) is 10.6 Å². The van der Waals surface area contributed by atoms with Gasteiger partial charge in [-0.3, -0.25) is 0 Å². The molecule has 2 aromatic carbocycles. The molecule has 0 unspecified atom stereocenters. The maximum absolute atomic E-state index is 12.0. The second-order valence-corrected chi connectivity index (χ2v) is 6.07. The molecule has 1 aromatic heterocycles. The molecule has 5 heteroatoms. The second-order valence-electron chi connectivity index (χ2n) is 6.07. The van der Waals surface area contributed by atoms with Crippen LogP contribution < -0.4 is 10.6 Å². The minimum atomic E-state index is -0.228. The third-order valence-corrected chi connectivity index (χ3v) is 3.85. The Morgan fingerprint density at radius 2 is 1.81 bits per heavy atom. The Labute approximate surface area is 153 Å². The molecule has 2 N–H and O–H groups in total. The molecule has 0 saturated heterocycles. The number of aryl methyl sites for hydroxylation is 1. The van der Waals surface area contributed by atoms with Crippen molar-refractivity contribution in [2.75, 3.05) is 5.32 Å². The van der Waals surface area contributed by atoms with Crippen molar-refractivity contribution in [3.8, 4) is 0 Å². The quantitative estimate of drug-likeness (QED) is 0.653. The molecular weight excluding hydrogens is 328 g/mol. The van der Waals surface area contributed by atoms with Gasteiger partial charge in [-0.2, -0.15) is 0 Å². The minimum Gasteiger partial charge on any atom is -0.467 e. The van der Waals surface area contributed by atoms with Crippen LogP contribution in [0.5, 0.6) is 0 Å². The number of nitrogens with one attached hydrogen (secondary N) is 2. The largest absolute Gasteiger partial charge is 0.467 e. The SMILES string of the molecule is Cc1ccc(NC(=O)NCc2cccc(COCc3ccco3)c2)cc1. The molecule has 26 heavy (non-hydrogen) atoms. The molecule has 5 nitrogen and oxygen atoms in total. The van der Waals surface area contributed by atoms with Gasteiger partial charge in [0, 0.05) is 12.2 Å². The van der Waals surface area contributed by atoms with Crippen LogP contribution >= 0.6 is 0 Å². The summed E-state index contributed by atoms with van der Waals surface area (Å²) in [5, 5.41) is 5.68. The van der Waals surface area contributed by atoms with E-state index >= 15 is 0 Å². The van der Waals surface area contributed by atoms with Gasteiger partial charge in [0.2, 0.25) is 0 Å². The van der Waals surface area contributed by atoms with Gasteiger partial charge in [0.25, 0.3) is 0 Å². The summed E-state index contributed by atoms with van der Waals surface area (Å²) in [5.74, 6) is 0.801. The molecule has 0 saturated carbocycles. The summed E-state index contributed by atoms with van der Waals surface area (Å²) in [6.07, 6.45) is 1.63. The Balaban J connectivity index is 1.45. The van der Waals surface area contributed by atoms with Gasteiger partial charge in [0.1, 0.15) is 12.4 Å². The number of carbonyl (C=O) groups excluding carboxylic acids is 1. The minimum absolute atomic E-state index is 0.228. The van der Waals surface area contributed by atoms with Crippen molar-refractivity contribution < 1.29 is 13.9 Å². The van der Waals surface area contributed by atoms with E-state index in [1.165, 1.54) is 0 Å². The number of benzene rings is 2. The molecule has 1 heterocycles. The lowest BCUT2D eigenvalue weighted by Crippen LogP contribution is -2.28. The van der Waals surface area contributed by atoms with E-state index in [-0.39, 0.29) is 6.03 Å². The number of carbonyl (C=O) groups is 1. The van der Waals surface area contributed by atoms with Crippen LogP contribution in [-0.2, 0) is 24.5 Å². The van der Waals surface area contributed by atoms with Crippen molar-refractivity contribution in [2.24, 2.45) is 0 Å². The zero-order valence-corrected chi connectivity index (χ0v) is 14.7. The number of hydrogen-bond acceptors (Lipinski definition) is 3. The molecule has 0 aliphatic carbocycles. The van der Waals surface area contributed by atoms with Gasteiger partial charge in [-0.25, -0.2) is 4.79 Å². The lowest BCUT2D eigenvalue weighted by molar-refractivity contribution is 0.0929. The molecule has 0 atom stereocenters. The first-order valence-corrected chi connectivity index (χ1v) is 8.48. The number of amides is 2. The van der Waals surface area contributed by atoms with Crippen molar-refractivity contribution in [3.05, 3.63) is 89.4 Å². The lowest BCUT2D eigenvalue weighted by Gasteiger charge is -2.09. The lowest BCUT2D eigenvalue weighted by atomic mass is 10.1. The fourth-order valence-electron chi connectivity index (χ4n) is 2.49. The van der Waals surface area contributed by atoms with Gasteiger partial charge in [0.15, 0.2) is 0 Å². The van der Waals surface area contributed by atoms with Crippen molar-refractivity contribution in [1.29, 1.82) is 0 Å². The molecule has 3 rings (SSSR count). The van der Waals surface area contributed by atoms with Crippen LogP contribution in [-0.4, -0.2) is 6.03 Å². The predicted molar refractivity (Wildman–Crippen MR) is 101 cm³/mol. The van der Waals surface area contributed by atoms with Crippen LogP contribution in [0, 0.1) is 6.92 Å². The molecule has 0 aliphatic rings. The highest BCUT2D eigenvalue weighted by molar-refractivity contribution is 5.89. The predicted octanol–water partition coefficient (Wildman–Crippen LogP) is 4.63. The first-order chi connectivity index (χ1) is 12.7. The van der Waals surface area contributed by atoms with E-state index in [0.717, 1.165) is 28.1 Å². The highest BCUT2D eigenvalue weighted by Gasteiger charge is 2.03. The van der Waals surface area contributed by atoms with Crippen LogP contribution in [0.1, 0.15) is 22.5 Å². The summed E-state index contributed by atoms with van der Waals surface area (Å²) in [6, 6.07) is 19.1. The van der Waals surface area contributed by atoms with Crippen LogP contribution in [0.15, 0.2) is 71.3 Å². The normalized spacial score (nSPS) is 10.5. The van der Waals surface area contributed by atoms with E-state index < -0.39 is 0 Å². The van der Waals surface area contributed by atoms with Gasteiger partial charge in [-0.15, -0.1) is 0 Å². The zero-order valence-electron chi connectivity index (χ0n) is 14.7. The van der Waals surface area contributed by atoms with Crippen molar-refractivity contribution in [1.82, 2.24) is 5.32 Å². The van der Waals surface area contributed by atoms with E-state index in [9.17, 15) is 4.79 Å². The summed E-state index contributed by atoms with van der Waals surface area (Å²) in [7, 11) is 0. The zero-order chi connectivity index (χ0) is 18.2. The average Bonchev–Trinajstić information content (AvgIpc) is 3.16. The molecule has 2 amide bonds. The van der Waals surface area contributed by atoms with Gasteiger partial charge in [0.05, 0.1) is 12.9 Å². The Morgan fingerprint density at radius 3 is 2.58 bits per heavy atom. The third kappa shape index (κ3) is 5.50. The monoisotopic (exact) mass is 350 g/mol. The highest BCUT2D eigenvalue weighted by atomic mass is 16.5. The highest BCUT2D eigenvalue weighted by Crippen LogP contribution is 2.10. The smallest absolute Gasteiger partial charge is 0.319 e. The first-order valence-electron chi connectivity index (χ1n) is 8.48. The molecule has 0 bridgehead atoms. The third-order valence-electron chi connectivity index (χ3n) is 3.85. The second kappa shape index (κ2) is 8.87. The van der Waals surface area contributed by atoms with Gasteiger partial charge in [-0.1, -0.05) is 42.0 Å². The topological polar surface area (TPSA) is 63.5 Å². The van der Waals surface area contributed by atoms with Crippen LogP contribution in [0.25, 0.3) is 0 Å². The molecular formula is C21H22N2O3. The van der Waals surface area contributed by atoms with E-state index in [1.54, 1.807) is 6.26 Å². The average molecular weight is 350 g/mol. The fraction of sp³-hybridized carbons (Fsp3) is 0.190. The molecule has 0 radical (unpaired) electrons. The summed E-state index contributed by atoms with van der Waals surface area (Å²) in [6.45, 7) is 3.39. The maximum Gasteiger partial charge on any atom is 0.319 e. The number of urea groups is 1. The summed E-state index contributed by atoms with van der Waals surface area (Å²) >= 11 is 0. The van der Waals surface area contributed by atoms with Crippen molar-refractivity contribution in [3.63, 3.8) is 0 Å². The molecule has 134 valence electrons. The standard InChI is InChI=1S/C21H22N2O3/c1-16-7-9-19(10-8-16)23-21(24)22-13-17-4-2-5-18(12-17)14-25-15-20-6-3-11-26-20/h2-12H,13-15H2,1H3,(H2,22,23,24). The van der Waals surface area contributed by atoms with Crippen LogP contribution in [0.2, 0.25) is 0 Å². The Morgan fingerprint density at radius 1 is 1.00 bits per heavy atom. The van der Waals surface area contributed by atoms with Gasteiger partial charge in [-0.05, 0) is 42.3 Å². The Hall–Kier alpha value is -3.05. The summed E-state index contributed by atoms with van der Waals surface area (Å²) in [4.78, 5) is 12.0. The van der Waals surface area contributed by atoms with Gasteiger partial charge >= 0.3 is 6.03 Å². The molecule has 0 fully saturated rings. The molecule has 0 aliphatic heterocycles. The number of hydrogen-bond donors (Lipinski definition) is 2. The fourth-order valence-corrected chi connectivity index (χ4v) is 2.49. The molecule has 3 aromatic rings. The van der Waals surface area contributed by atoms with E-state index in [0.29, 0.717) is 19.8 Å². The van der Waals surface area contributed by atoms with E-state index in [4.69, 9.17) is 9.15 Å². The number of ether oxygens (including phenoxy) is 1. The van der Waals surface area contributed by atoms with Crippen LogP contribution in [0.3, 0.4) is 0 Å². The number of rotatable bonds is 7.